The van der Waals surface area contributed by atoms with Gasteiger partial charge < -0.3 is 9.47 Å². The smallest absolute Gasteiger partial charge is 0.145 e. The summed E-state index contributed by atoms with van der Waals surface area (Å²) in [6.07, 6.45) is 6.82. The number of ether oxygens (including phenoxy) is 2. The lowest BCUT2D eigenvalue weighted by molar-refractivity contribution is 0.480. The highest BCUT2D eigenvalue weighted by Crippen LogP contribution is 2.28. The molecule has 0 aliphatic carbocycles. The number of pyridine rings is 2. The van der Waals surface area contributed by atoms with E-state index in [1.54, 1.807) is 24.8 Å². The van der Waals surface area contributed by atoms with Crippen molar-refractivity contribution in [2.45, 2.75) is 0 Å². The first-order valence-electron chi connectivity index (χ1n) is 8.23. The summed E-state index contributed by atoms with van der Waals surface area (Å²) in [7, 11) is 0. The monoisotopic (exact) mass is 340 g/mol. The Balaban J connectivity index is 1.45. The van der Waals surface area contributed by atoms with Crippen molar-refractivity contribution in [3.8, 4) is 34.1 Å². The summed E-state index contributed by atoms with van der Waals surface area (Å²) in [5, 5.41) is 0. The van der Waals surface area contributed by atoms with Gasteiger partial charge in [-0.3, -0.25) is 9.97 Å². The maximum atomic E-state index is 5.77. The maximum Gasteiger partial charge on any atom is 0.145 e. The van der Waals surface area contributed by atoms with Gasteiger partial charge in [0.05, 0.1) is 12.4 Å². The molecule has 0 aliphatic heterocycles. The minimum Gasteiger partial charge on any atom is -0.456 e. The zero-order valence-electron chi connectivity index (χ0n) is 13.9. The van der Waals surface area contributed by atoms with E-state index >= 15 is 0 Å². The van der Waals surface area contributed by atoms with Gasteiger partial charge in [0.25, 0.3) is 0 Å². The van der Waals surface area contributed by atoms with Gasteiger partial charge in [-0.2, -0.15) is 0 Å². The molecule has 0 amide bonds. The number of benzene rings is 2. The predicted octanol–water partition coefficient (Wildman–Crippen LogP) is 5.73. The third-order valence-corrected chi connectivity index (χ3v) is 3.78. The lowest BCUT2D eigenvalue weighted by atomic mass is 10.1. The number of aromatic nitrogens is 2. The molecule has 2 heterocycles. The Bertz CT molecular complexity index is 871. The molecule has 0 radical (unpaired) electrons. The van der Waals surface area contributed by atoms with Gasteiger partial charge in [-0.15, -0.1) is 0 Å². The predicted molar refractivity (Wildman–Crippen MR) is 101 cm³/mol. The van der Waals surface area contributed by atoms with Crippen molar-refractivity contribution in [1.82, 2.24) is 9.97 Å². The first-order chi connectivity index (χ1) is 12.9. The fourth-order valence-corrected chi connectivity index (χ4v) is 2.52. The van der Waals surface area contributed by atoms with E-state index in [4.69, 9.17) is 9.47 Å². The number of hydrogen-bond acceptors (Lipinski definition) is 4. The van der Waals surface area contributed by atoms with Crippen LogP contribution < -0.4 is 9.47 Å². The van der Waals surface area contributed by atoms with Crippen molar-refractivity contribution < 1.29 is 9.47 Å². The largest absolute Gasteiger partial charge is 0.456 e. The molecule has 2 aromatic carbocycles. The average molecular weight is 340 g/mol. The number of nitrogens with zero attached hydrogens (tertiary/aromatic N) is 2. The molecular formula is C22H16N2O2. The molecule has 4 heteroatoms. The Labute approximate surface area is 151 Å². The first kappa shape index (κ1) is 15.8. The summed E-state index contributed by atoms with van der Waals surface area (Å²) < 4.78 is 11.5. The van der Waals surface area contributed by atoms with Crippen LogP contribution in [-0.2, 0) is 0 Å². The second-order valence-corrected chi connectivity index (χ2v) is 5.63. The van der Waals surface area contributed by atoms with Crippen LogP contribution in [0.15, 0.2) is 97.6 Å². The topological polar surface area (TPSA) is 44.2 Å². The fourth-order valence-electron chi connectivity index (χ4n) is 2.52. The van der Waals surface area contributed by atoms with Crippen LogP contribution in [0, 0.1) is 0 Å². The molecular weight excluding hydrogens is 324 g/mol. The first-order valence-corrected chi connectivity index (χ1v) is 8.23. The van der Waals surface area contributed by atoms with E-state index in [1.165, 1.54) is 0 Å². The molecule has 0 unspecified atom stereocenters. The SMILES string of the molecule is c1cncc(Oc2ccc(-c3ccc(Oc4cccnc4)cc3)cc2)c1. The number of hydrogen-bond donors (Lipinski definition) is 0. The molecule has 126 valence electrons. The van der Waals surface area contributed by atoms with Crippen molar-refractivity contribution in [1.29, 1.82) is 0 Å². The standard InChI is InChI=1S/C22H16N2O2/c1-3-21(15-23-13-1)25-19-9-5-17(6-10-19)18-7-11-20(12-8-18)26-22-4-2-14-24-16-22/h1-16H. The van der Waals surface area contributed by atoms with Gasteiger partial charge in [-0.25, -0.2) is 0 Å². The van der Waals surface area contributed by atoms with Crippen LogP contribution in [0.25, 0.3) is 11.1 Å². The third-order valence-electron chi connectivity index (χ3n) is 3.78. The Hall–Kier alpha value is -3.66. The summed E-state index contributed by atoms with van der Waals surface area (Å²) >= 11 is 0. The maximum absolute atomic E-state index is 5.77. The fraction of sp³-hybridized carbons (Fsp3) is 0. The molecule has 26 heavy (non-hydrogen) atoms. The van der Waals surface area contributed by atoms with Crippen molar-refractivity contribution in [3.05, 3.63) is 97.6 Å². The van der Waals surface area contributed by atoms with Crippen LogP contribution in [0.5, 0.6) is 23.0 Å². The van der Waals surface area contributed by atoms with Crippen molar-refractivity contribution >= 4 is 0 Å². The molecule has 0 atom stereocenters. The second-order valence-electron chi connectivity index (χ2n) is 5.63. The van der Waals surface area contributed by atoms with E-state index in [0.29, 0.717) is 0 Å². The van der Waals surface area contributed by atoms with Crippen molar-refractivity contribution in [2.24, 2.45) is 0 Å². The summed E-state index contributed by atoms with van der Waals surface area (Å²) in [5.74, 6) is 2.99. The van der Waals surface area contributed by atoms with Gasteiger partial charge in [0.1, 0.15) is 23.0 Å². The van der Waals surface area contributed by atoms with Crippen LogP contribution in [0.1, 0.15) is 0 Å². The minimum absolute atomic E-state index is 0.720. The van der Waals surface area contributed by atoms with Gasteiger partial charge in [-0.05, 0) is 59.7 Å². The van der Waals surface area contributed by atoms with Crippen LogP contribution in [0.4, 0.5) is 0 Å². The molecule has 0 bridgehead atoms. The number of rotatable bonds is 5. The lowest BCUT2D eigenvalue weighted by Crippen LogP contribution is -1.86. The quantitative estimate of drug-likeness (QED) is 0.465. The molecule has 2 aromatic heterocycles. The van der Waals surface area contributed by atoms with E-state index < -0.39 is 0 Å². The Morgan fingerprint density at radius 1 is 0.462 bits per heavy atom. The summed E-state index contributed by atoms with van der Waals surface area (Å²) in [6.45, 7) is 0. The Kier molecular flexibility index (Phi) is 4.56. The van der Waals surface area contributed by atoms with Gasteiger partial charge >= 0.3 is 0 Å². The van der Waals surface area contributed by atoms with Gasteiger partial charge in [0, 0.05) is 12.4 Å². The van der Waals surface area contributed by atoms with Crippen LogP contribution in [-0.4, -0.2) is 9.97 Å². The van der Waals surface area contributed by atoms with Crippen LogP contribution in [0.3, 0.4) is 0 Å². The van der Waals surface area contributed by atoms with Crippen molar-refractivity contribution in [2.75, 3.05) is 0 Å². The average Bonchev–Trinajstić information content (AvgIpc) is 2.71. The van der Waals surface area contributed by atoms with E-state index in [9.17, 15) is 0 Å². The van der Waals surface area contributed by atoms with E-state index in [0.717, 1.165) is 34.1 Å². The van der Waals surface area contributed by atoms with Crippen LogP contribution in [0.2, 0.25) is 0 Å². The second kappa shape index (κ2) is 7.49. The molecule has 0 saturated heterocycles. The minimum atomic E-state index is 0.720. The Morgan fingerprint density at radius 2 is 0.885 bits per heavy atom. The summed E-state index contributed by atoms with van der Waals surface area (Å²) in [4.78, 5) is 8.09. The lowest BCUT2D eigenvalue weighted by Gasteiger charge is -2.08. The molecule has 4 aromatic rings. The highest BCUT2D eigenvalue weighted by atomic mass is 16.5. The van der Waals surface area contributed by atoms with Crippen LogP contribution >= 0.6 is 0 Å². The third kappa shape index (κ3) is 3.87. The van der Waals surface area contributed by atoms with E-state index in [-0.39, 0.29) is 0 Å². The molecule has 0 fully saturated rings. The molecule has 0 saturated carbocycles. The molecule has 0 aliphatic rings. The zero-order valence-corrected chi connectivity index (χ0v) is 13.9. The highest BCUT2D eigenvalue weighted by Gasteiger charge is 2.02. The van der Waals surface area contributed by atoms with Gasteiger partial charge in [0.15, 0.2) is 0 Å². The van der Waals surface area contributed by atoms with E-state index in [2.05, 4.69) is 9.97 Å². The molecule has 0 N–H and O–H groups in total. The summed E-state index contributed by atoms with van der Waals surface area (Å²) in [5.41, 5.74) is 2.22. The van der Waals surface area contributed by atoms with Gasteiger partial charge in [-0.1, -0.05) is 24.3 Å². The summed E-state index contributed by atoms with van der Waals surface area (Å²) in [6, 6.07) is 23.4. The van der Waals surface area contributed by atoms with Gasteiger partial charge in [0.2, 0.25) is 0 Å². The molecule has 4 rings (SSSR count). The normalized spacial score (nSPS) is 10.3. The van der Waals surface area contributed by atoms with Crippen molar-refractivity contribution in [3.63, 3.8) is 0 Å². The molecule has 0 spiro atoms. The Morgan fingerprint density at radius 3 is 1.23 bits per heavy atom. The highest BCUT2D eigenvalue weighted by molar-refractivity contribution is 5.65. The van der Waals surface area contributed by atoms with E-state index in [1.807, 2.05) is 72.8 Å². The zero-order chi connectivity index (χ0) is 17.6. The molecule has 4 nitrogen and oxygen atoms in total.